The number of hydrogen-bond donors (Lipinski definition) is 2. The Labute approximate surface area is 173 Å². The monoisotopic (exact) mass is 404 g/mol. The van der Waals surface area contributed by atoms with Crippen LogP contribution < -0.4 is 15.6 Å². The van der Waals surface area contributed by atoms with Crippen molar-refractivity contribution in [1.82, 2.24) is 10.9 Å². The second-order valence-electron chi connectivity index (χ2n) is 6.39. The van der Waals surface area contributed by atoms with Crippen LogP contribution in [0.25, 0.3) is 0 Å². The van der Waals surface area contributed by atoms with Crippen molar-refractivity contribution in [1.29, 1.82) is 0 Å². The van der Waals surface area contributed by atoms with Gasteiger partial charge < -0.3 is 9.47 Å². The predicted octanol–water partition coefficient (Wildman–Crippen LogP) is 3.41. The van der Waals surface area contributed by atoms with E-state index in [0.717, 1.165) is 5.56 Å². The molecule has 0 unspecified atom stereocenters. The molecule has 0 atom stereocenters. The Kier molecular flexibility index (Phi) is 6.78. The first-order valence-electron chi connectivity index (χ1n) is 9.17. The van der Waals surface area contributed by atoms with E-state index in [2.05, 4.69) is 10.9 Å². The van der Waals surface area contributed by atoms with Gasteiger partial charge in [0.2, 0.25) is 0 Å². The number of hydrazine groups is 1. The van der Waals surface area contributed by atoms with E-state index in [1.165, 1.54) is 6.07 Å². The van der Waals surface area contributed by atoms with Crippen LogP contribution >= 0.6 is 0 Å². The highest BCUT2D eigenvalue weighted by Crippen LogP contribution is 2.22. The number of nitrogens with one attached hydrogen (secondary N) is 2. The molecule has 0 saturated heterocycles. The zero-order valence-electron chi connectivity index (χ0n) is 16.3. The maximum Gasteiger partial charge on any atom is 0.338 e. The largest absolute Gasteiger partial charge is 0.457 e. The summed E-state index contributed by atoms with van der Waals surface area (Å²) in [6.45, 7) is 1.36. The Morgan fingerprint density at radius 3 is 2.20 bits per heavy atom. The fraction of sp³-hybridized carbons (Fsp3) is 0.0870. The second kappa shape index (κ2) is 9.88. The normalized spacial score (nSPS) is 10.0. The van der Waals surface area contributed by atoms with Gasteiger partial charge in [0.25, 0.3) is 11.8 Å². The van der Waals surface area contributed by atoms with Crippen LogP contribution in [-0.2, 0) is 9.53 Å². The lowest BCUT2D eigenvalue weighted by molar-refractivity contribution is -0.125. The number of ether oxygens (including phenoxy) is 2. The SMILES string of the molecule is Cc1ccc(C(=O)NNC(=O)COC(=O)c2cccc(Oc3ccccc3)c2)cc1. The van der Waals surface area contributed by atoms with Crippen LogP contribution in [-0.4, -0.2) is 24.4 Å². The minimum atomic E-state index is -0.687. The summed E-state index contributed by atoms with van der Waals surface area (Å²) >= 11 is 0. The van der Waals surface area contributed by atoms with Crippen LogP contribution in [0.3, 0.4) is 0 Å². The minimum Gasteiger partial charge on any atom is -0.457 e. The first-order valence-corrected chi connectivity index (χ1v) is 9.17. The smallest absolute Gasteiger partial charge is 0.338 e. The highest BCUT2D eigenvalue weighted by molar-refractivity contribution is 5.96. The standard InChI is InChI=1S/C23H20N2O5/c1-16-10-12-17(13-11-16)22(27)25-24-21(26)15-29-23(28)18-6-5-9-20(14-18)30-19-7-3-2-4-8-19/h2-14H,15H2,1H3,(H,24,26)(H,25,27). The number of esters is 1. The number of amides is 2. The van der Waals surface area contributed by atoms with Gasteiger partial charge in [0, 0.05) is 5.56 Å². The average Bonchev–Trinajstić information content (AvgIpc) is 2.77. The van der Waals surface area contributed by atoms with Crippen molar-refractivity contribution in [3.63, 3.8) is 0 Å². The molecule has 0 aliphatic carbocycles. The quantitative estimate of drug-likeness (QED) is 0.485. The number of para-hydroxylation sites is 1. The number of aryl methyl sites for hydroxylation is 1. The molecule has 152 valence electrons. The van der Waals surface area contributed by atoms with Crippen molar-refractivity contribution in [3.8, 4) is 11.5 Å². The minimum absolute atomic E-state index is 0.236. The van der Waals surface area contributed by atoms with E-state index in [4.69, 9.17) is 9.47 Å². The van der Waals surface area contributed by atoms with Gasteiger partial charge in [-0.25, -0.2) is 4.79 Å². The maximum atomic E-state index is 12.2. The van der Waals surface area contributed by atoms with Gasteiger partial charge in [0.05, 0.1) is 5.56 Å². The maximum absolute atomic E-state index is 12.2. The van der Waals surface area contributed by atoms with Crippen molar-refractivity contribution < 1.29 is 23.9 Å². The molecule has 3 aromatic carbocycles. The summed E-state index contributed by atoms with van der Waals surface area (Å²) in [4.78, 5) is 36.0. The molecule has 7 nitrogen and oxygen atoms in total. The third-order valence-corrected chi connectivity index (χ3v) is 4.01. The van der Waals surface area contributed by atoms with E-state index >= 15 is 0 Å². The van der Waals surface area contributed by atoms with E-state index in [0.29, 0.717) is 17.1 Å². The van der Waals surface area contributed by atoms with Crippen molar-refractivity contribution in [2.45, 2.75) is 6.92 Å². The highest BCUT2D eigenvalue weighted by Gasteiger charge is 2.12. The number of rotatable bonds is 6. The van der Waals surface area contributed by atoms with Crippen molar-refractivity contribution in [2.75, 3.05) is 6.61 Å². The van der Waals surface area contributed by atoms with Crippen LogP contribution in [0, 0.1) is 6.92 Å². The average molecular weight is 404 g/mol. The number of carbonyl (C=O) groups is 3. The van der Waals surface area contributed by atoms with Gasteiger partial charge in [-0.05, 0) is 49.4 Å². The molecule has 0 saturated carbocycles. The summed E-state index contributed by atoms with van der Waals surface area (Å²) in [5.74, 6) is -0.730. The lowest BCUT2D eigenvalue weighted by Crippen LogP contribution is -2.43. The second-order valence-corrected chi connectivity index (χ2v) is 6.39. The molecule has 0 bridgehead atoms. The molecule has 2 amide bonds. The van der Waals surface area contributed by atoms with Gasteiger partial charge in [-0.2, -0.15) is 0 Å². The van der Waals surface area contributed by atoms with Gasteiger partial charge in [-0.3, -0.25) is 20.4 Å². The first kappa shape index (κ1) is 20.6. The molecule has 0 radical (unpaired) electrons. The third kappa shape index (κ3) is 5.93. The molecule has 0 heterocycles. The molecule has 0 aliphatic heterocycles. The van der Waals surface area contributed by atoms with E-state index in [9.17, 15) is 14.4 Å². The summed E-state index contributed by atoms with van der Waals surface area (Å²) in [6.07, 6.45) is 0. The Balaban J connectivity index is 1.47. The molecule has 0 aliphatic rings. The molecule has 3 rings (SSSR count). The van der Waals surface area contributed by atoms with E-state index in [1.807, 2.05) is 25.1 Å². The molecular weight excluding hydrogens is 384 g/mol. The van der Waals surface area contributed by atoms with E-state index in [-0.39, 0.29) is 5.56 Å². The van der Waals surface area contributed by atoms with Crippen LogP contribution in [0.2, 0.25) is 0 Å². The molecule has 30 heavy (non-hydrogen) atoms. The van der Waals surface area contributed by atoms with Crippen LogP contribution in [0.5, 0.6) is 11.5 Å². The fourth-order valence-corrected chi connectivity index (χ4v) is 2.47. The number of benzene rings is 3. The molecule has 7 heteroatoms. The van der Waals surface area contributed by atoms with Crippen LogP contribution in [0.4, 0.5) is 0 Å². The summed E-state index contributed by atoms with van der Waals surface area (Å²) in [5, 5.41) is 0. The van der Waals surface area contributed by atoms with Crippen LogP contribution in [0.15, 0.2) is 78.9 Å². The Bertz CT molecular complexity index is 1030. The molecule has 0 spiro atoms. The van der Waals surface area contributed by atoms with Gasteiger partial charge in [-0.1, -0.05) is 42.0 Å². The zero-order chi connectivity index (χ0) is 21.3. The number of hydrogen-bond acceptors (Lipinski definition) is 5. The lowest BCUT2D eigenvalue weighted by atomic mass is 10.1. The molecular formula is C23H20N2O5. The summed E-state index contributed by atoms with van der Waals surface area (Å²) in [7, 11) is 0. The van der Waals surface area contributed by atoms with Gasteiger partial charge in [-0.15, -0.1) is 0 Å². The van der Waals surface area contributed by atoms with Crippen LogP contribution in [0.1, 0.15) is 26.3 Å². The van der Waals surface area contributed by atoms with Crippen molar-refractivity contribution >= 4 is 17.8 Å². The van der Waals surface area contributed by atoms with Gasteiger partial charge in [0.15, 0.2) is 6.61 Å². The topological polar surface area (TPSA) is 93.7 Å². The van der Waals surface area contributed by atoms with Crippen molar-refractivity contribution in [3.05, 3.63) is 95.6 Å². The highest BCUT2D eigenvalue weighted by atomic mass is 16.5. The molecule has 3 aromatic rings. The van der Waals surface area contributed by atoms with E-state index in [1.54, 1.807) is 54.6 Å². The van der Waals surface area contributed by atoms with Gasteiger partial charge >= 0.3 is 5.97 Å². The summed E-state index contributed by atoms with van der Waals surface area (Å²) in [6, 6.07) is 22.4. The Morgan fingerprint density at radius 2 is 1.47 bits per heavy atom. The number of carbonyl (C=O) groups excluding carboxylic acids is 3. The Hall–Kier alpha value is -4.13. The predicted molar refractivity (Wildman–Crippen MR) is 110 cm³/mol. The molecule has 0 fully saturated rings. The van der Waals surface area contributed by atoms with Crippen molar-refractivity contribution in [2.24, 2.45) is 0 Å². The van der Waals surface area contributed by atoms with Gasteiger partial charge in [0.1, 0.15) is 11.5 Å². The summed E-state index contributed by atoms with van der Waals surface area (Å²) < 4.78 is 10.7. The molecule has 2 N–H and O–H groups in total. The fourth-order valence-electron chi connectivity index (χ4n) is 2.47. The summed E-state index contributed by atoms with van der Waals surface area (Å²) in [5.41, 5.74) is 6.12. The molecule has 0 aromatic heterocycles. The lowest BCUT2D eigenvalue weighted by Gasteiger charge is -2.09. The van der Waals surface area contributed by atoms with E-state index < -0.39 is 24.4 Å². The Morgan fingerprint density at radius 1 is 0.767 bits per heavy atom. The first-order chi connectivity index (χ1) is 14.5. The zero-order valence-corrected chi connectivity index (χ0v) is 16.3. The third-order valence-electron chi connectivity index (χ3n) is 4.01.